The third-order valence-corrected chi connectivity index (χ3v) is 6.10. The maximum atomic E-state index is 12.3. The normalized spacial score (nSPS) is 14.4. The molecule has 0 aliphatic heterocycles. The topological polar surface area (TPSA) is 68.5 Å². The van der Waals surface area contributed by atoms with Gasteiger partial charge in [0.15, 0.2) is 0 Å². The van der Waals surface area contributed by atoms with E-state index in [2.05, 4.69) is 5.32 Å². The Hall–Kier alpha value is -3.31. The first kappa shape index (κ1) is 22.9. The molecule has 1 aliphatic rings. The molecule has 2 aromatic carbocycles. The van der Waals surface area contributed by atoms with Crippen molar-refractivity contribution in [3.63, 3.8) is 0 Å². The second-order valence-corrected chi connectivity index (χ2v) is 8.64. The van der Waals surface area contributed by atoms with E-state index in [-0.39, 0.29) is 18.0 Å². The average Bonchev–Trinajstić information content (AvgIpc) is 3.30. The van der Waals surface area contributed by atoms with Crippen LogP contribution in [-0.2, 0) is 9.53 Å². The molecule has 1 fully saturated rings. The zero-order chi connectivity index (χ0) is 23.2. The number of ether oxygens (including phenoxy) is 1. The molecule has 0 unspecified atom stereocenters. The molecule has 3 aromatic rings. The third kappa shape index (κ3) is 6.14. The molecule has 33 heavy (non-hydrogen) atoms. The number of anilines is 1. The maximum absolute atomic E-state index is 12.3. The van der Waals surface area contributed by atoms with Crippen molar-refractivity contribution in [1.82, 2.24) is 0 Å². The van der Waals surface area contributed by atoms with E-state index >= 15 is 0 Å². The first-order chi connectivity index (χ1) is 16.0. The van der Waals surface area contributed by atoms with Gasteiger partial charge in [-0.05, 0) is 86.7 Å². The van der Waals surface area contributed by atoms with Crippen molar-refractivity contribution >= 4 is 35.2 Å². The molecule has 1 N–H and O–H groups in total. The predicted molar refractivity (Wildman–Crippen MR) is 130 cm³/mol. The highest BCUT2D eigenvalue weighted by Crippen LogP contribution is 2.27. The van der Waals surface area contributed by atoms with Gasteiger partial charge in [-0.15, -0.1) is 0 Å². The van der Waals surface area contributed by atoms with Crippen LogP contribution in [0.15, 0.2) is 65.1 Å². The van der Waals surface area contributed by atoms with Crippen molar-refractivity contribution < 1.29 is 18.7 Å². The van der Waals surface area contributed by atoms with Gasteiger partial charge in [-0.25, -0.2) is 4.79 Å². The summed E-state index contributed by atoms with van der Waals surface area (Å²) < 4.78 is 11.4. The molecule has 170 valence electrons. The highest BCUT2D eigenvalue weighted by molar-refractivity contribution is 6.31. The number of hydrogen-bond acceptors (Lipinski definition) is 4. The number of rotatable bonds is 6. The maximum Gasteiger partial charge on any atom is 0.338 e. The van der Waals surface area contributed by atoms with Gasteiger partial charge in [0.2, 0.25) is 5.91 Å². The second-order valence-electron chi connectivity index (χ2n) is 8.23. The first-order valence-electron chi connectivity index (χ1n) is 11.1. The molecule has 1 heterocycles. The SMILES string of the molecule is Cc1ccc(-c2ccc(/C=C/C(=O)Nc3ccc(C(=O)OC4CCCCC4)cc3)o2)cc1Cl. The lowest BCUT2D eigenvalue weighted by Crippen LogP contribution is -2.20. The van der Waals surface area contributed by atoms with E-state index < -0.39 is 0 Å². The largest absolute Gasteiger partial charge is 0.459 e. The van der Waals surface area contributed by atoms with Crippen LogP contribution in [0.2, 0.25) is 5.02 Å². The van der Waals surface area contributed by atoms with Crippen LogP contribution in [0.25, 0.3) is 17.4 Å². The minimum Gasteiger partial charge on any atom is -0.459 e. The Morgan fingerprint density at radius 2 is 1.79 bits per heavy atom. The Kier molecular flexibility index (Phi) is 7.30. The summed E-state index contributed by atoms with van der Waals surface area (Å²) in [5, 5.41) is 3.45. The number of amides is 1. The number of halogens is 1. The standard InChI is InChI=1S/C27H26ClNO4/c1-18-7-8-20(17-24(18)28)25-15-13-23(32-25)14-16-26(30)29-21-11-9-19(10-12-21)27(31)33-22-5-3-2-4-6-22/h7-17,22H,2-6H2,1H3,(H,29,30)/b16-14+. The van der Waals surface area contributed by atoms with E-state index in [0.29, 0.717) is 27.8 Å². The highest BCUT2D eigenvalue weighted by Gasteiger charge is 2.18. The second kappa shape index (κ2) is 10.5. The fourth-order valence-corrected chi connectivity index (χ4v) is 3.96. The molecule has 0 bridgehead atoms. The summed E-state index contributed by atoms with van der Waals surface area (Å²) in [5.41, 5.74) is 2.94. The van der Waals surface area contributed by atoms with E-state index in [1.807, 2.05) is 31.2 Å². The van der Waals surface area contributed by atoms with Gasteiger partial charge in [-0.3, -0.25) is 4.79 Å². The van der Waals surface area contributed by atoms with Crippen LogP contribution >= 0.6 is 11.6 Å². The molecular weight excluding hydrogens is 438 g/mol. The van der Waals surface area contributed by atoms with Gasteiger partial charge in [0.1, 0.15) is 17.6 Å². The van der Waals surface area contributed by atoms with Crippen molar-refractivity contribution in [3.8, 4) is 11.3 Å². The van der Waals surface area contributed by atoms with E-state index in [9.17, 15) is 9.59 Å². The lowest BCUT2D eigenvalue weighted by molar-refractivity contribution is -0.111. The Bertz CT molecular complexity index is 1160. The van der Waals surface area contributed by atoms with E-state index in [1.165, 1.54) is 12.5 Å². The van der Waals surface area contributed by atoms with Crippen LogP contribution in [0, 0.1) is 6.92 Å². The smallest absolute Gasteiger partial charge is 0.338 e. The summed E-state index contributed by atoms with van der Waals surface area (Å²) in [6.07, 6.45) is 8.30. The summed E-state index contributed by atoms with van der Waals surface area (Å²) in [5.74, 6) is 0.609. The molecule has 1 aliphatic carbocycles. The fourth-order valence-electron chi connectivity index (χ4n) is 3.78. The van der Waals surface area contributed by atoms with Crippen LogP contribution in [0.4, 0.5) is 5.69 Å². The molecule has 1 aromatic heterocycles. The van der Waals surface area contributed by atoms with Gasteiger partial charge >= 0.3 is 5.97 Å². The zero-order valence-electron chi connectivity index (χ0n) is 18.5. The molecule has 4 rings (SSSR count). The number of carbonyl (C=O) groups is 2. The fraction of sp³-hybridized carbons (Fsp3) is 0.259. The van der Waals surface area contributed by atoms with E-state index in [0.717, 1.165) is 36.8 Å². The van der Waals surface area contributed by atoms with Gasteiger partial charge in [-0.1, -0.05) is 30.2 Å². The summed E-state index contributed by atoms with van der Waals surface area (Å²) in [6, 6.07) is 16.1. The van der Waals surface area contributed by atoms with Gasteiger partial charge in [-0.2, -0.15) is 0 Å². The van der Waals surface area contributed by atoms with Crippen LogP contribution in [0.5, 0.6) is 0 Å². The Balaban J connectivity index is 1.31. The van der Waals surface area contributed by atoms with E-state index in [1.54, 1.807) is 36.4 Å². The van der Waals surface area contributed by atoms with Crippen LogP contribution < -0.4 is 5.32 Å². The summed E-state index contributed by atoms with van der Waals surface area (Å²) in [4.78, 5) is 24.6. The number of carbonyl (C=O) groups excluding carboxylic acids is 2. The molecule has 1 saturated carbocycles. The Morgan fingerprint density at radius 1 is 1.03 bits per heavy atom. The first-order valence-corrected chi connectivity index (χ1v) is 11.5. The lowest BCUT2D eigenvalue weighted by atomic mass is 9.98. The summed E-state index contributed by atoms with van der Waals surface area (Å²) in [6.45, 7) is 1.94. The van der Waals surface area contributed by atoms with Crippen molar-refractivity contribution in [2.45, 2.75) is 45.1 Å². The molecular formula is C27H26ClNO4. The van der Waals surface area contributed by atoms with Crippen LogP contribution in [0.3, 0.4) is 0 Å². The third-order valence-electron chi connectivity index (χ3n) is 5.70. The zero-order valence-corrected chi connectivity index (χ0v) is 19.2. The molecule has 1 amide bonds. The minimum absolute atomic E-state index is 0.0147. The van der Waals surface area contributed by atoms with Crippen molar-refractivity contribution in [2.75, 3.05) is 5.32 Å². The Labute approximate surface area is 198 Å². The number of benzene rings is 2. The van der Waals surface area contributed by atoms with Crippen LogP contribution in [0.1, 0.15) is 53.8 Å². The van der Waals surface area contributed by atoms with Crippen LogP contribution in [-0.4, -0.2) is 18.0 Å². The summed E-state index contributed by atoms with van der Waals surface area (Å²) in [7, 11) is 0. The van der Waals surface area contributed by atoms with Crippen molar-refractivity contribution in [2.24, 2.45) is 0 Å². The number of aryl methyl sites for hydroxylation is 1. The van der Waals surface area contributed by atoms with Gasteiger partial charge in [0, 0.05) is 22.3 Å². The molecule has 0 spiro atoms. The Morgan fingerprint density at radius 3 is 2.52 bits per heavy atom. The van der Waals surface area contributed by atoms with Gasteiger partial charge in [0.05, 0.1) is 5.56 Å². The predicted octanol–water partition coefficient (Wildman–Crippen LogP) is 7.05. The summed E-state index contributed by atoms with van der Waals surface area (Å²) >= 11 is 6.19. The lowest BCUT2D eigenvalue weighted by Gasteiger charge is -2.21. The minimum atomic E-state index is -0.317. The quantitative estimate of drug-likeness (QED) is 0.314. The average molecular weight is 464 g/mol. The van der Waals surface area contributed by atoms with Gasteiger partial charge < -0.3 is 14.5 Å². The molecule has 6 heteroatoms. The number of hydrogen-bond donors (Lipinski definition) is 1. The highest BCUT2D eigenvalue weighted by atomic mass is 35.5. The number of furan rings is 1. The molecule has 0 radical (unpaired) electrons. The molecule has 5 nitrogen and oxygen atoms in total. The molecule has 0 atom stereocenters. The number of esters is 1. The van der Waals surface area contributed by atoms with Crippen molar-refractivity contribution in [1.29, 1.82) is 0 Å². The van der Waals surface area contributed by atoms with Gasteiger partial charge in [0.25, 0.3) is 0 Å². The molecule has 0 saturated heterocycles. The van der Waals surface area contributed by atoms with E-state index in [4.69, 9.17) is 20.8 Å². The monoisotopic (exact) mass is 463 g/mol. The number of nitrogens with one attached hydrogen (secondary N) is 1. The van der Waals surface area contributed by atoms with Crippen molar-refractivity contribution in [3.05, 3.63) is 82.6 Å².